The van der Waals surface area contributed by atoms with E-state index in [1.807, 2.05) is 68.4 Å². The highest BCUT2D eigenvalue weighted by Crippen LogP contribution is 2.32. The van der Waals surface area contributed by atoms with E-state index in [4.69, 9.17) is 30.6 Å². The van der Waals surface area contributed by atoms with E-state index < -0.39 is 6.10 Å². The second kappa shape index (κ2) is 12.0. The maximum absolute atomic E-state index is 10.6. The largest absolute Gasteiger partial charge is 0.468 e. The number of aliphatic hydroxyl groups is 1. The standard InChI is InChI=1S/C27H30ClN3O4/c1-3-33-19-23(32)16-30(17-25-10-7-15-34-25)18-26-20(2)29-31(22-8-5-4-6-9-22)27(26)35-24-13-11-21(28)12-14-24/h4-15,23,32H,3,16-19H2,1-2H3. The number of benzene rings is 2. The molecular weight excluding hydrogens is 466 g/mol. The zero-order chi connectivity index (χ0) is 24.6. The molecular formula is C27H30ClN3O4. The smallest absolute Gasteiger partial charge is 0.227 e. The Morgan fingerprint density at radius 2 is 1.83 bits per heavy atom. The third-order valence-corrected chi connectivity index (χ3v) is 5.74. The zero-order valence-electron chi connectivity index (χ0n) is 19.9. The van der Waals surface area contributed by atoms with E-state index >= 15 is 0 Å². The average Bonchev–Trinajstić information content (AvgIpc) is 3.48. The Morgan fingerprint density at radius 3 is 2.51 bits per heavy atom. The van der Waals surface area contributed by atoms with Gasteiger partial charge < -0.3 is 19.0 Å². The van der Waals surface area contributed by atoms with Crippen LogP contribution in [0.25, 0.3) is 5.69 Å². The summed E-state index contributed by atoms with van der Waals surface area (Å²) >= 11 is 6.08. The second-order valence-electron chi connectivity index (χ2n) is 8.23. The number of furan rings is 1. The summed E-state index contributed by atoms with van der Waals surface area (Å²) in [6, 6.07) is 20.9. The number of rotatable bonds is 12. The van der Waals surface area contributed by atoms with Crippen molar-refractivity contribution in [3.63, 3.8) is 0 Å². The lowest BCUT2D eigenvalue weighted by atomic mass is 10.2. The van der Waals surface area contributed by atoms with Crippen LogP contribution in [0.1, 0.15) is 23.9 Å². The van der Waals surface area contributed by atoms with Crippen molar-refractivity contribution in [1.82, 2.24) is 14.7 Å². The Labute approximate surface area is 210 Å². The highest BCUT2D eigenvalue weighted by Gasteiger charge is 2.23. The first-order valence-electron chi connectivity index (χ1n) is 11.6. The van der Waals surface area contributed by atoms with Gasteiger partial charge in [0.15, 0.2) is 0 Å². The van der Waals surface area contributed by atoms with E-state index in [9.17, 15) is 5.11 Å². The molecule has 7 nitrogen and oxygen atoms in total. The maximum atomic E-state index is 10.6. The zero-order valence-corrected chi connectivity index (χ0v) is 20.7. The first-order chi connectivity index (χ1) is 17.0. The summed E-state index contributed by atoms with van der Waals surface area (Å²) in [7, 11) is 0. The minimum Gasteiger partial charge on any atom is -0.468 e. The number of aryl methyl sites for hydroxylation is 1. The number of aliphatic hydroxyl groups excluding tert-OH is 1. The summed E-state index contributed by atoms with van der Waals surface area (Å²) in [4.78, 5) is 2.11. The number of halogens is 1. The van der Waals surface area contributed by atoms with Crippen molar-refractivity contribution in [3.05, 3.63) is 95.0 Å². The minimum absolute atomic E-state index is 0.265. The topological polar surface area (TPSA) is 72.9 Å². The number of nitrogens with zero attached hydrogens (tertiary/aromatic N) is 3. The van der Waals surface area contributed by atoms with Crippen LogP contribution in [-0.4, -0.2) is 45.6 Å². The molecule has 0 spiro atoms. The third-order valence-electron chi connectivity index (χ3n) is 5.49. The van der Waals surface area contributed by atoms with Crippen molar-refractivity contribution in [3.8, 4) is 17.3 Å². The molecule has 0 saturated carbocycles. The Balaban J connectivity index is 1.68. The van der Waals surface area contributed by atoms with Gasteiger partial charge in [-0.1, -0.05) is 29.8 Å². The van der Waals surface area contributed by atoms with Crippen LogP contribution in [0.15, 0.2) is 77.4 Å². The predicted molar refractivity (Wildman–Crippen MR) is 135 cm³/mol. The van der Waals surface area contributed by atoms with Crippen molar-refractivity contribution >= 4 is 11.6 Å². The molecule has 1 unspecified atom stereocenters. The van der Waals surface area contributed by atoms with Crippen LogP contribution < -0.4 is 4.74 Å². The fourth-order valence-electron chi connectivity index (χ4n) is 3.82. The van der Waals surface area contributed by atoms with Crippen LogP contribution in [-0.2, 0) is 17.8 Å². The fraction of sp³-hybridized carbons (Fsp3) is 0.296. The highest BCUT2D eigenvalue weighted by molar-refractivity contribution is 6.30. The predicted octanol–water partition coefficient (Wildman–Crippen LogP) is 5.62. The second-order valence-corrected chi connectivity index (χ2v) is 8.67. The molecule has 0 bridgehead atoms. The van der Waals surface area contributed by atoms with E-state index in [1.165, 1.54) is 0 Å². The van der Waals surface area contributed by atoms with Gasteiger partial charge in [-0.25, -0.2) is 4.68 Å². The highest BCUT2D eigenvalue weighted by atomic mass is 35.5. The number of hydrogen-bond acceptors (Lipinski definition) is 6. The summed E-state index contributed by atoms with van der Waals surface area (Å²) in [6.45, 7) is 6.11. The molecule has 35 heavy (non-hydrogen) atoms. The Kier molecular flexibility index (Phi) is 8.60. The van der Waals surface area contributed by atoms with E-state index in [0.717, 1.165) is 22.7 Å². The molecule has 0 amide bonds. The van der Waals surface area contributed by atoms with Crippen molar-refractivity contribution in [1.29, 1.82) is 0 Å². The van der Waals surface area contributed by atoms with E-state index in [2.05, 4.69) is 4.90 Å². The summed E-state index contributed by atoms with van der Waals surface area (Å²) in [5.74, 6) is 2.07. The van der Waals surface area contributed by atoms with Crippen LogP contribution in [0.5, 0.6) is 11.6 Å². The Morgan fingerprint density at radius 1 is 1.06 bits per heavy atom. The lowest BCUT2D eigenvalue weighted by molar-refractivity contribution is 0.0166. The van der Waals surface area contributed by atoms with Gasteiger partial charge in [-0.05, 0) is 62.4 Å². The molecule has 1 N–H and O–H groups in total. The first kappa shape index (κ1) is 25.0. The van der Waals surface area contributed by atoms with Crippen molar-refractivity contribution in [2.75, 3.05) is 19.8 Å². The molecule has 2 aromatic carbocycles. The lowest BCUT2D eigenvalue weighted by Gasteiger charge is -2.24. The molecule has 8 heteroatoms. The molecule has 4 rings (SSSR count). The molecule has 2 aromatic heterocycles. The number of hydrogen-bond donors (Lipinski definition) is 1. The van der Waals surface area contributed by atoms with Crippen molar-refractivity contribution in [2.24, 2.45) is 0 Å². The van der Waals surface area contributed by atoms with Gasteiger partial charge in [-0.2, -0.15) is 5.10 Å². The van der Waals surface area contributed by atoms with Crippen molar-refractivity contribution < 1.29 is 19.0 Å². The van der Waals surface area contributed by atoms with Gasteiger partial charge in [0.2, 0.25) is 5.88 Å². The summed E-state index contributed by atoms with van der Waals surface area (Å²) in [6.07, 6.45) is 1.01. The van der Waals surface area contributed by atoms with Gasteiger partial charge >= 0.3 is 0 Å². The third kappa shape index (κ3) is 6.74. The molecule has 4 aromatic rings. The van der Waals surface area contributed by atoms with Gasteiger partial charge in [0.25, 0.3) is 0 Å². The molecule has 0 aliphatic rings. The first-order valence-corrected chi connectivity index (χ1v) is 12.0. The molecule has 2 heterocycles. The van der Waals surface area contributed by atoms with E-state index in [1.54, 1.807) is 23.1 Å². The van der Waals surface area contributed by atoms with Gasteiger partial charge in [-0.3, -0.25) is 4.90 Å². The van der Waals surface area contributed by atoms with Crippen LogP contribution >= 0.6 is 11.6 Å². The molecule has 0 saturated heterocycles. The van der Waals surface area contributed by atoms with Gasteiger partial charge in [0, 0.05) is 24.7 Å². The van der Waals surface area contributed by atoms with E-state index in [0.29, 0.717) is 42.9 Å². The molecule has 184 valence electrons. The molecule has 0 aliphatic heterocycles. The van der Waals surface area contributed by atoms with Crippen LogP contribution in [0.4, 0.5) is 0 Å². The monoisotopic (exact) mass is 495 g/mol. The normalized spacial score (nSPS) is 12.3. The number of para-hydroxylation sites is 1. The quantitative estimate of drug-likeness (QED) is 0.275. The molecule has 0 aliphatic carbocycles. The minimum atomic E-state index is -0.643. The molecule has 0 fully saturated rings. The molecule has 1 atom stereocenters. The van der Waals surface area contributed by atoms with Gasteiger partial charge in [0.05, 0.1) is 42.5 Å². The van der Waals surface area contributed by atoms with Gasteiger partial charge in [-0.15, -0.1) is 0 Å². The lowest BCUT2D eigenvalue weighted by Crippen LogP contribution is -2.34. The van der Waals surface area contributed by atoms with Gasteiger partial charge in [0.1, 0.15) is 11.5 Å². The maximum Gasteiger partial charge on any atom is 0.227 e. The Bertz CT molecular complexity index is 1180. The SMILES string of the molecule is CCOCC(O)CN(Cc1ccco1)Cc1c(C)nn(-c2ccccc2)c1Oc1ccc(Cl)cc1. The van der Waals surface area contributed by atoms with E-state index in [-0.39, 0.29) is 6.61 Å². The van der Waals surface area contributed by atoms with Crippen LogP contribution in [0, 0.1) is 6.92 Å². The van der Waals surface area contributed by atoms with Crippen LogP contribution in [0.3, 0.4) is 0 Å². The summed E-state index contributed by atoms with van der Waals surface area (Å²) < 4.78 is 19.2. The Hall–Kier alpha value is -3.10. The van der Waals surface area contributed by atoms with Crippen LogP contribution in [0.2, 0.25) is 5.02 Å². The van der Waals surface area contributed by atoms with Crippen molar-refractivity contribution in [2.45, 2.75) is 33.0 Å². The number of aromatic nitrogens is 2. The fourth-order valence-corrected chi connectivity index (χ4v) is 3.95. The summed E-state index contributed by atoms with van der Waals surface area (Å²) in [5, 5.41) is 16.0. The summed E-state index contributed by atoms with van der Waals surface area (Å²) in [5.41, 5.74) is 2.64. The number of ether oxygens (including phenoxy) is 2. The molecule has 0 radical (unpaired) electrons. The average molecular weight is 496 g/mol.